The molecule has 1 heterocycles. The van der Waals surface area contributed by atoms with E-state index in [0.29, 0.717) is 16.5 Å². The standard InChI is InChI=1S/C20H22FN3OS/c1-12-3-8-16-17(10-22)20(26-18(16)9-12)24-19(25)11-23-13(2)14-4-6-15(21)7-5-14/h4-7,12-13,23H,3,8-9,11H2,1-2H3,(H,24,25). The van der Waals surface area contributed by atoms with Crippen molar-refractivity contribution in [1.82, 2.24) is 5.32 Å². The molecular weight excluding hydrogens is 349 g/mol. The van der Waals surface area contributed by atoms with Crippen LogP contribution in [0.2, 0.25) is 0 Å². The minimum atomic E-state index is -0.279. The second kappa shape index (κ2) is 7.98. The highest BCUT2D eigenvalue weighted by Crippen LogP contribution is 2.39. The van der Waals surface area contributed by atoms with E-state index in [0.717, 1.165) is 30.4 Å². The average molecular weight is 371 g/mol. The quantitative estimate of drug-likeness (QED) is 0.829. The molecule has 26 heavy (non-hydrogen) atoms. The molecule has 1 aromatic heterocycles. The number of nitriles is 1. The molecular formula is C20H22FN3OS. The maximum absolute atomic E-state index is 13.0. The molecule has 2 N–H and O–H groups in total. The molecule has 4 nitrogen and oxygen atoms in total. The minimum Gasteiger partial charge on any atom is -0.315 e. The van der Waals surface area contributed by atoms with Crippen molar-refractivity contribution in [3.63, 3.8) is 0 Å². The molecule has 0 radical (unpaired) electrons. The van der Waals surface area contributed by atoms with Gasteiger partial charge >= 0.3 is 0 Å². The Balaban J connectivity index is 1.62. The number of carbonyl (C=O) groups is 1. The fourth-order valence-electron chi connectivity index (χ4n) is 3.24. The van der Waals surface area contributed by atoms with Crippen molar-refractivity contribution in [3.05, 3.63) is 51.7 Å². The third kappa shape index (κ3) is 4.12. The van der Waals surface area contributed by atoms with Crippen LogP contribution in [0.4, 0.5) is 9.39 Å². The minimum absolute atomic E-state index is 0.0748. The molecule has 2 atom stereocenters. The number of hydrogen-bond acceptors (Lipinski definition) is 4. The van der Waals surface area contributed by atoms with E-state index in [4.69, 9.17) is 0 Å². The lowest BCUT2D eigenvalue weighted by molar-refractivity contribution is -0.115. The van der Waals surface area contributed by atoms with Crippen LogP contribution in [0.5, 0.6) is 0 Å². The van der Waals surface area contributed by atoms with Gasteiger partial charge in [0.05, 0.1) is 12.1 Å². The molecule has 6 heteroatoms. The van der Waals surface area contributed by atoms with Crippen LogP contribution in [-0.4, -0.2) is 12.5 Å². The van der Waals surface area contributed by atoms with Gasteiger partial charge in [-0.25, -0.2) is 4.39 Å². The van der Waals surface area contributed by atoms with Crippen molar-refractivity contribution >= 4 is 22.2 Å². The number of benzene rings is 1. The van der Waals surface area contributed by atoms with Crippen molar-refractivity contribution in [2.45, 2.75) is 39.2 Å². The number of nitrogens with one attached hydrogen (secondary N) is 2. The SMILES string of the molecule is CC1CCc2c(sc(NC(=O)CNC(C)c3ccc(F)cc3)c2C#N)C1. The normalized spacial score (nSPS) is 17.2. The molecule has 1 aromatic carbocycles. The summed E-state index contributed by atoms with van der Waals surface area (Å²) in [5.41, 5.74) is 2.65. The second-order valence-corrected chi connectivity index (χ2v) is 7.98. The second-order valence-electron chi connectivity index (χ2n) is 6.87. The van der Waals surface area contributed by atoms with Crippen LogP contribution in [0.1, 0.15) is 47.9 Å². The Labute approximate surface area is 157 Å². The lowest BCUT2D eigenvalue weighted by Crippen LogP contribution is -2.30. The number of hydrogen-bond donors (Lipinski definition) is 2. The first-order valence-corrected chi connectivity index (χ1v) is 9.63. The Morgan fingerprint density at radius 2 is 2.15 bits per heavy atom. The summed E-state index contributed by atoms with van der Waals surface area (Å²) in [6.07, 6.45) is 2.97. The van der Waals surface area contributed by atoms with Gasteiger partial charge in [0, 0.05) is 10.9 Å². The van der Waals surface area contributed by atoms with Crippen LogP contribution < -0.4 is 10.6 Å². The third-order valence-electron chi connectivity index (χ3n) is 4.82. The first kappa shape index (κ1) is 18.6. The lowest BCUT2D eigenvalue weighted by Gasteiger charge is -2.17. The van der Waals surface area contributed by atoms with E-state index in [1.807, 2.05) is 6.92 Å². The van der Waals surface area contributed by atoms with Crippen LogP contribution in [0.15, 0.2) is 24.3 Å². The van der Waals surface area contributed by atoms with Gasteiger partial charge in [-0.2, -0.15) is 5.26 Å². The van der Waals surface area contributed by atoms with Gasteiger partial charge in [0.2, 0.25) is 5.91 Å². The Morgan fingerprint density at radius 3 is 2.85 bits per heavy atom. The summed E-state index contributed by atoms with van der Waals surface area (Å²) in [7, 11) is 0. The first-order chi connectivity index (χ1) is 12.5. The summed E-state index contributed by atoms with van der Waals surface area (Å²) in [4.78, 5) is 13.5. The van der Waals surface area contributed by atoms with E-state index in [9.17, 15) is 14.4 Å². The van der Waals surface area contributed by atoms with Gasteiger partial charge in [0.25, 0.3) is 0 Å². The number of thiophene rings is 1. The van der Waals surface area contributed by atoms with Gasteiger partial charge in [-0.15, -0.1) is 11.3 Å². The average Bonchev–Trinajstić information content (AvgIpc) is 2.96. The molecule has 0 saturated carbocycles. The zero-order valence-electron chi connectivity index (χ0n) is 14.9. The topological polar surface area (TPSA) is 64.9 Å². The molecule has 2 unspecified atom stereocenters. The Kier molecular flexibility index (Phi) is 5.70. The summed E-state index contributed by atoms with van der Waals surface area (Å²) in [5, 5.41) is 16.2. The third-order valence-corrected chi connectivity index (χ3v) is 5.99. The number of rotatable bonds is 5. The highest BCUT2D eigenvalue weighted by molar-refractivity contribution is 7.16. The lowest BCUT2D eigenvalue weighted by atomic mass is 9.89. The van der Waals surface area contributed by atoms with Gasteiger partial charge in [0.1, 0.15) is 16.9 Å². The van der Waals surface area contributed by atoms with E-state index >= 15 is 0 Å². The molecule has 0 bridgehead atoms. The molecule has 1 aliphatic carbocycles. The van der Waals surface area contributed by atoms with E-state index in [2.05, 4.69) is 23.6 Å². The molecule has 3 rings (SSSR count). The van der Waals surface area contributed by atoms with Crippen molar-refractivity contribution in [3.8, 4) is 6.07 Å². The maximum Gasteiger partial charge on any atom is 0.238 e. The molecule has 136 valence electrons. The molecule has 0 saturated heterocycles. The number of halogens is 1. The van der Waals surface area contributed by atoms with Crippen molar-refractivity contribution in [2.24, 2.45) is 5.92 Å². The molecule has 1 aliphatic rings. The molecule has 1 amide bonds. The number of anilines is 1. The van der Waals surface area contributed by atoms with Gasteiger partial charge in [-0.05, 0) is 55.4 Å². The van der Waals surface area contributed by atoms with Gasteiger partial charge in [0.15, 0.2) is 0 Å². The van der Waals surface area contributed by atoms with Gasteiger partial charge < -0.3 is 10.6 Å². The van der Waals surface area contributed by atoms with Crippen LogP contribution >= 0.6 is 11.3 Å². The number of fused-ring (bicyclic) bond motifs is 1. The predicted octanol–water partition coefficient (Wildman–Crippen LogP) is 4.17. The van der Waals surface area contributed by atoms with E-state index in [1.54, 1.807) is 12.1 Å². The number of amides is 1. The number of nitrogens with zero attached hydrogens (tertiary/aromatic N) is 1. The van der Waals surface area contributed by atoms with E-state index in [-0.39, 0.29) is 24.3 Å². The monoisotopic (exact) mass is 371 g/mol. The molecule has 0 aliphatic heterocycles. The van der Waals surface area contributed by atoms with Crippen LogP contribution in [0.25, 0.3) is 0 Å². The van der Waals surface area contributed by atoms with Crippen LogP contribution in [-0.2, 0) is 17.6 Å². The Hall–Kier alpha value is -2.23. The molecule has 2 aromatic rings. The van der Waals surface area contributed by atoms with Crippen molar-refractivity contribution < 1.29 is 9.18 Å². The predicted molar refractivity (Wildman–Crippen MR) is 102 cm³/mol. The zero-order valence-corrected chi connectivity index (χ0v) is 15.8. The summed E-state index contributed by atoms with van der Waals surface area (Å²) in [5.74, 6) is 0.162. The Bertz CT molecular complexity index is 838. The van der Waals surface area contributed by atoms with Crippen molar-refractivity contribution in [1.29, 1.82) is 5.26 Å². The highest BCUT2D eigenvalue weighted by atomic mass is 32.1. The maximum atomic E-state index is 13.0. The van der Waals surface area contributed by atoms with Crippen LogP contribution in [0, 0.1) is 23.1 Å². The summed E-state index contributed by atoms with van der Waals surface area (Å²) in [6.45, 7) is 4.27. The van der Waals surface area contributed by atoms with Gasteiger partial charge in [-0.1, -0.05) is 19.1 Å². The largest absolute Gasteiger partial charge is 0.315 e. The fourth-order valence-corrected chi connectivity index (χ4v) is 4.62. The highest BCUT2D eigenvalue weighted by Gasteiger charge is 2.24. The van der Waals surface area contributed by atoms with Gasteiger partial charge in [-0.3, -0.25) is 4.79 Å². The fraction of sp³-hybridized carbons (Fsp3) is 0.400. The van der Waals surface area contributed by atoms with Crippen molar-refractivity contribution in [2.75, 3.05) is 11.9 Å². The van der Waals surface area contributed by atoms with E-state index < -0.39 is 0 Å². The Morgan fingerprint density at radius 1 is 1.42 bits per heavy atom. The molecule has 0 spiro atoms. The first-order valence-electron chi connectivity index (χ1n) is 8.81. The summed E-state index contributed by atoms with van der Waals surface area (Å²) < 4.78 is 13.0. The van der Waals surface area contributed by atoms with E-state index in [1.165, 1.54) is 28.3 Å². The zero-order chi connectivity index (χ0) is 18.7. The van der Waals surface area contributed by atoms with Crippen LogP contribution in [0.3, 0.4) is 0 Å². The summed E-state index contributed by atoms with van der Waals surface area (Å²) in [6, 6.07) is 8.40. The molecule has 0 fully saturated rings. The smallest absolute Gasteiger partial charge is 0.238 e. The summed E-state index contributed by atoms with van der Waals surface area (Å²) >= 11 is 1.53. The number of carbonyl (C=O) groups excluding carboxylic acids is 1.